The van der Waals surface area contributed by atoms with Crippen LogP contribution < -0.4 is 10.6 Å². The van der Waals surface area contributed by atoms with Gasteiger partial charge in [-0.05, 0) is 29.8 Å². The summed E-state index contributed by atoms with van der Waals surface area (Å²) in [5.74, 6) is -1.31. The quantitative estimate of drug-likeness (QED) is 0.435. The minimum Gasteiger partial charge on any atom is -0.480 e. The highest BCUT2D eigenvalue weighted by molar-refractivity contribution is 5.94. The van der Waals surface area contributed by atoms with E-state index in [-0.39, 0.29) is 31.3 Å². The van der Waals surface area contributed by atoms with E-state index in [4.69, 9.17) is 14.6 Å². The molecule has 3 atom stereocenters. The molecule has 0 radical (unpaired) electrons. The van der Waals surface area contributed by atoms with E-state index >= 15 is 0 Å². The molecule has 1 amide bonds. The van der Waals surface area contributed by atoms with E-state index in [1.807, 2.05) is 6.07 Å². The summed E-state index contributed by atoms with van der Waals surface area (Å²) >= 11 is 0. The lowest BCUT2D eigenvalue weighted by atomic mass is 10.0. The fourth-order valence-corrected chi connectivity index (χ4v) is 3.05. The molecule has 30 heavy (non-hydrogen) atoms. The number of hydrogen-bond donors (Lipinski definition) is 3. The number of aliphatic carboxylic acids is 1. The second kappa shape index (κ2) is 9.92. The number of carboxylic acid groups (broad SMARTS) is 1. The number of carboxylic acids is 1. The molecule has 1 aliphatic heterocycles. The van der Waals surface area contributed by atoms with Gasteiger partial charge in [-0.25, -0.2) is 0 Å². The molecule has 0 aromatic heterocycles. The molecule has 3 N–H and O–H groups in total. The molecular weight excluding hydrogens is 394 g/mol. The minimum atomic E-state index is -1.03. The maximum Gasteiger partial charge on any atom is 0.317 e. The average Bonchev–Trinajstić information content (AvgIpc) is 2.77. The topological polar surface area (TPSA) is 140 Å². The number of ether oxygens (including phenoxy) is 2. The van der Waals surface area contributed by atoms with Crippen LogP contribution in [0.5, 0.6) is 0 Å². The van der Waals surface area contributed by atoms with Crippen LogP contribution in [0, 0.1) is 10.1 Å². The molecule has 2 aromatic carbocycles. The van der Waals surface area contributed by atoms with Crippen molar-refractivity contribution < 1.29 is 29.1 Å². The van der Waals surface area contributed by atoms with Gasteiger partial charge in [0, 0.05) is 17.7 Å². The predicted octanol–water partition coefficient (Wildman–Crippen LogP) is 1.48. The highest BCUT2D eigenvalue weighted by atomic mass is 16.7. The second-order valence-electron chi connectivity index (χ2n) is 6.63. The van der Waals surface area contributed by atoms with Gasteiger partial charge in [-0.2, -0.15) is 0 Å². The van der Waals surface area contributed by atoms with Crippen molar-refractivity contribution in [3.05, 3.63) is 75.8 Å². The summed E-state index contributed by atoms with van der Waals surface area (Å²) < 4.78 is 11.6. The number of nitro benzene ring substituents is 1. The zero-order chi connectivity index (χ0) is 21.5. The van der Waals surface area contributed by atoms with Crippen LogP contribution in [-0.4, -0.2) is 53.9 Å². The molecule has 0 aliphatic carbocycles. The van der Waals surface area contributed by atoms with Gasteiger partial charge in [0.05, 0.1) is 30.7 Å². The first-order valence-electron chi connectivity index (χ1n) is 9.24. The van der Waals surface area contributed by atoms with Crippen molar-refractivity contribution in [2.24, 2.45) is 0 Å². The maximum atomic E-state index is 12.2. The summed E-state index contributed by atoms with van der Waals surface area (Å²) in [7, 11) is 0. The number of hydrogen-bond acceptors (Lipinski definition) is 7. The standard InChI is InChI=1S/C20H21N3O7/c24-17(25)10-21-16-12-29-18(11-22-20(26)14-4-2-1-3-5-14)30-19(16)13-6-8-15(9-7-13)23(27)28/h1-9,16,18-19,21H,10-12H2,(H,22,26)(H,24,25)/t16-,18+,19-/m0/s1. The third-order valence-electron chi connectivity index (χ3n) is 4.54. The first kappa shape index (κ1) is 21.4. The zero-order valence-corrected chi connectivity index (χ0v) is 15.9. The van der Waals surface area contributed by atoms with Crippen molar-refractivity contribution in [2.45, 2.75) is 18.4 Å². The number of rotatable bonds is 8. The molecule has 3 rings (SSSR count). The number of nitrogens with zero attached hydrogens (tertiary/aromatic N) is 1. The third kappa shape index (κ3) is 5.60. The molecule has 0 unspecified atom stereocenters. The van der Waals surface area contributed by atoms with Crippen molar-refractivity contribution in [3.8, 4) is 0 Å². The Kier molecular flexibility index (Phi) is 7.07. The van der Waals surface area contributed by atoms with Gasteiger partial charge in [0.1, 0.15) is 6.10 Å². The number of carbonyl (C=O) groups is 2. The van der Waals surface area contributed by atoms with Crippen molar-refractivity contribution in [2.75, 3.05) is 19.7 Å². The van der Waals surface area contributed by atoms with Gasteiger partial charge in [-0.1, -0.05) is 18.2 Å². The maximum absolute atomic E-state index is 12.2. The van der Waals surface area contributed by atoms with Crippen LogP contribution in [0.2, 0.25) is 0 Å². The predicted molar refractivity (Wildman–Crippen MR) is 105 cm³/mol. The Morgan fingerprint density at radius 1 is 1.13 bits per heavy atom. The Hall–Kier alpha value is -3.34. The minimum absolute atomic E-state index is 0.0625. The SMILES string of the molecule is O=C(O)CN[C@H]1CO[C@@H](CNC(=O)c2ccccc2)O[C@H]1c1ccc([N+](=O)[O-])cc1. The molecule has 1 fully saturated rings. The van der Waals surface area contributed by atoms with Crippen molar-refractivity contribution in [1.82, 2.24) is 10.6 Å². The normalized spacial score (nSPS) is 21.0. The van der Waals surface area contributed by atoms with Crippen molar-refractivity contribution in [1.29, 1.82) is 0 Å². The summed E-state index contributed by atoms with van der Waals surface area (Å²) in [4.78, 5) is 33.5. The van der Waals surface area contributed by atoms with Crippen LogP contribution in [0.15, 0.2) is 54.6 Å². The van der Waals surface area contributed by atoms with E-state index in [1.165, 1.54) is 12.1 Å². The first-order chi connectivity index (χ1) is 14.4. The molecular formula is C20H21N3O7. The largest absolute Gasteiger partial charge is 0.480 e. The van der Waals surface area contributed by atoms with Gasteiger partial charge in [-0.15, -0.1) is 0 Å². The van der Waals surface area contributed by atoms with Gasteiger partial charge in [-0.3, -0.25) is 25.0 Å². The highest BCUT2D eigenvalue weighted by Gasteiger charge is 2.33. The Morgan fingerprint density at radius 3 is 2.47 bits per heavy atom. The van der Waals surface area contributed by atoms with Crippen LogP contribution in [0.25, 0.3) is 0 Å². The van der Waals surface area contributed by atoms with Crippen molar-refractivity contribution in [3.63, 3.8) is 0 Å². The average molecular weight is 415 g/mol. The summed E-state index contributed by atoms with van der Waals surface area (Å²) in [6, 6.07) is 14.0. The van der Waals surface area contributed by atoms with E-state index in [0.717, 1.165) is 0 Å². The Balaban J connectivity index is 1.67. The van der Waals surface area contributed by atoms with Gasteiger partial charge in [0.15, 0.2) is 6.29 Å². The lowest BCUT2D eigenvalue weighted by molar-refractivity contribution is -0.384. The number of nitrogens with one attached hydrogen (secondary N) is 2. The summed E-state index contributed by atoms with van der Waals surface area (Å²) in [6.07, 6.45) is -1.38. The van der Waals surface area contributed by atoms with E-state index in [2.05, 4.69) is 10.6 Å². The number of nitro groups is 1. The van der Waals surface area contributed by atoms with E-state index in [1.54, 1.807) is 36.4 Å². The van der Waals surface area contributed by atoms with Crippen LogP contribution in [-0.2, 0) is 14.3 Å². The first-order valence-corrected chi connectivity index (χ1v) is 9.24. The van der Waals surface area contributed by atoms with Crippen LogP contribution in [0.3, 0.4) is 0 Å². The monoisotopic (exact) mass is 415 g/mol. The fraction of sp³-hybridized carbons (Fsp3) is 0.300. The lowest BCUT2D eigenvalue weighted by Gasteiger charge is -2.37. The molecule has 0 spiro atoms. The van der Waals surface area contributed by atoms with Crippen molar-refractivity contribution >= 4 is 17.6 Å². The van der Waals surface area contributed by atoms with E-state index in [9.17, 15) is 19.7 Å². The molecule has 10 heteroatoms. The van der Waals surface area contributed by atoms with E-state index in [0.29, 0.717) is 11.1 Å². The smallest absolute Gasteiger partial charge is 0.317 e. The Morgan fingerprint density at radius 2 is 1.83 bits per heavy atom. The summed E-state index contributed by atoms with van der Waals surface area (Å²) in [6.45, 7) is -0.0695. The lowest BCUT2D eigenvalue weighted by Crippen LogP contribution is -2.50. The summed E-state index contributed by atoms with van der Waals surface area (Å²) in [5, 5.41) is 25.4. The number of non-ortho nitro benzene ring substituents is 1. The highest BCUT2D eigenvalue weighted by Crippen LogP contribution is 2.29. The summed E-state index contributed by atoms with van der Waals surface area (Å²) in [5.41, 5.74) is 1.07. The number of carbonyl (C=O) groups excluding carboxylic acids is 1. The zero-order valence-electron chi connectivity index (χ0n) is 15.9. The molecule has 158 valence electrons. The molecule has 2 aromatic rings. The molecule has 0 bridgehead atoms. The molecule has 0 saturated carbocycles. The second-order valence-corrected chi connectivity index (χ2v) is 6.63. The molecule has 1 saturated heterocycles. The van der Waals surface area contributed by atoms with Gasteiger partial charge in [0.2, 0.25) is 0 Å². The van der Waals surface area contributed by atoms with Crippen LogP contribution in [0.4, 0.5) is 5.69 Å². The Labute approximate surface area is 171 Å². The van der Waals surface area contributed by atoms with Gasteiger partial charge >= 0.3 is 5.97 Å². The van der Waals surface area contributed by atoms with Gasteiger partial charge in [0.25, 0.3) is 11.6 Å². The third-order valence-corrected chi connectivity index (χ3v) is 4.54. The molecule has 10 nitrogen and oxygen atoms in total. The Bertz CT molecular complexity index is 889. The fourth-order valence-electron chi connectivity index (χ4n) is 3.05. The van der Waals surface area contributed by atoms with Crippen LogP contribution in [0.1, 0.15) is 22.0 Å². The van der Waals surface area contributed by atoms with Crippen LogP contribution >= 0.6 is 0 Å². The number of benzene rings is 2. The van der Waals surface area contributed by atoms with Gasteiger partial charge < -0.3 is 19.9 Å². The molecule has 1 aliphatic rings. The molecule has 1 heterocycles. The number of amides is 1. The van der Waals surface area contributed by atoms with E-state index < -0.39 is 29.3 Å².